The summed E-state index contributed by atoms with van der Waals surface area (Å²) in [6.45, 7) is 3.54. The Balaban J connectivity index is 2.22. The highest BCUT2D eigenvalue weighted by atomic mass is 35.5. The highest BCUT2D eigenvalue weighted by molar-refractivity contribution is 6.30. The second-order valence-electron chi connectivity index (χ2n) is 4.64. The maximum Gasteiger partial charge on any atom is 0.133 e. The molecule has 0 fully saturated rings. The van der Waals surface area contributed by atoms with Crippen LogP contribution < -0.4 is 10.1 Å². The Morgan fingerprint density at radius 3 is 2.48 bits per heavy atom. The molecule has 0 aliphatic heterocycles. The van der Waals surface area contributed by atoms with Gasteiger partial charge in [0.2, 0.25) is 0 Å². The summed E-state index contributed by atoms with van der Waals surface area (Å²) in [5.41, 5.74) is 0.873. The van der Waals surface area contributed by atoms with E-state index >= 15 is 0 Å². The molecule has 2 nitrogen and oxygen atoms in total. The van der Waals surface area contributed by atoms with Gasteiger partial charge in [0.1, 0.15) is 23.1 Å². The molecule has 0 aliphatic rings. The Labute approximate surface area is 127 Å². The SMILES string of the molecule is CCCNCc1ccc(Cl)cc1Oc1cc(F)cc(F)c1. The normalized spacial score (nSPS) is 10.7. The van der Waals surface area contributed by atoms with Gasteiger partial charge in [-0.05, 0) is 25.1 Å². The van der Waals surface area contributed by atoms with Crippen molar-refractivity contribution < 1.29 is 13.5 Å². The highest BCUT2D eigenvalue weighted by Crippen LogP contribution is 2.29. The zero-order chi connectivity index (χ0) is 15.2. The number of nitrogens with one attached hydrogen (secondary N) is 1. The van der Waals surface area contributed by atoms with E-state index in [1.165, 1.54) is 0 Å². The van der Waals surface area contributed by atoms with E-state index in [0.29, 0.717) is 17.3 Å². The number of ether oxygens (including phenoxy) is 1. The number of hydrogen-bond donors (Lipinski definition) is 1. The van der Waals surface area contributed by atoms with E-state index in [0.717, 1.165) is 36.7 Å². The zero-order valence-corrected chi connectivity index (χ0v) is 12.4. The smallest absolute Gasteiger partial charge is 0.133 e. The summed E-state index contributed by atoms with van der Waals surface area (Å²) in [6.07, 6.45) is 1.01. The fourth-order valence-corrected chi connectivity index (χ4v) is 2.05. The van der Waals surface area contributed by atoms with Crippen LogP contribution in [0.3, 0.4) is 0 Å². The average Bonchev–Trinajstić information content (AvgIpc) is 2.40. The van der Waals surface area contributed by atoms with Crippen LogP contribution in [0.2, 0.25) is 5.02 Å². The molecule has 2 rings (SSSR count). The molecule has 112 valence electrons. The van der Waals surface area contributed by atoms with E-state index in [4.69, 9.17) is 16.3 Å². The Morgan fingerprint density at radius 1 is 1.10 bits per heavy atom. The maximum atomic E-state index is 13.2. The van der Waals surface area contributed by atoms with Gasteiger partial charge in [0.25, 0.3) is 0 Å². The van der Waals surface area contributed by atoms with E-state index in [1.54, 1.807) is 12.1 Å². The van der Waals surface area contributed by atoms with Crippen molar-refractivity contribution in [1.82, 2.24) is 5.32 Å². The Morgan fingerprint density at radius 2 is 1.81 bits per heavy atom. The summed E-state index contributed by atoms with van der Waals surface area (Å²) < 4.78 is 32.0. The molecule has 1 N–H and O–H groups in total. The van der Waals surface area contributed by atoms with Gasteiger partial charge in [0.15, 0.2) is 0 Å². The molecule has 0 radical (unpaired) electrons. The lowest BCUT2D eigenvalue weighted by atomic mass is 10.2. The molecule has 21 heavy (non-hydrogen) atoms. The molecule has 0 bridgehead atoms. The molecule has 0 amide bonds. The second-order valence-corrected chi connectivity index (χ2v) is 5.07. The molecular formula is C16H16ClF2NO. The highest BCUT2D eigenvalue weighted by Gasteiger charge is 2.08. The minimum absolute atomic E-state index is 0.103. The van der Waals surface area contributed by atoms with E-state index in [1.807, 2.05) is 6.07 Å². The number of benzene rings is 2. The van der Waals surface area contributed by atoms with Crippen LogP contribution in [-0.4, -0.2) is 6.54 Å². The van der Waals surface area contributed by atoms with Gasteiger partial charge in [0, 0.05) is 35.3 Å². The molecule has 0 unspecified atom stereocenters. The molecular weight excluding hydrogens is 296 g/mol. The van der Waals surface area contributed by atoms with Crippen molar-refractivity contribution in [3.8, 4) is 11.5 Å². The maximum absolute atomic E-state index is 13.2. The van der Waals surface area contributed by atoms with E-state index in [2.05, 4.69) is 12.2 Å². The third-order valence-electron chi connectivity index (χ3n) is 2.84. The van der Waals surface area contributed by atoms with Gasteiger partial charge in [-0.25, -0.2) is 8.78 Å². The van der Waals surface area contributed by atoms with Crippen molar-refractivity contribution in [2.75, 3.05) is 6.54 Å². The largest absolute Gasteiger partial charge is 0.457 e. The molecule has 0 saturated heterocycles. The lowest BCUT2D eigenvalue weighted by Gasteiger charge is -2.12. The Hall–Kier alpha value is -1.65. The van der Waals surface area contributed by atoms with Crippen molar-refractivity contribution in [2.45, 2.75) is 19.9 Å². The monoisotopic (exact) mass is 311 g/mol. The third kappa shape index (κ3) is 4.69. The number of halogens is 3. The summed E-state index contributed by atoms with van der Waals surface area (Å²) >= 11 is 5.96. The Kier molecular flexibility index (Phi) is 5.53. The standard InChI is InChI=1S/C16H16ClF2NO/c1-2-5-20-10-11-3-4-12(17)6-16(11)21-15-8-13(18)7-14(19)9-15/h3-4,6-9,20H,2,5,10H2,1H3. The van der Waals surface area contributed by atoms with Crippen LogP contribution in [0.4, 0.5) is 8.78 Å². The second kappa shape index (κ2) is 7.38. The van der Waals surface area contributed by atoms with Crippen LogP contribution in [0, 0.1) is 11.6 Å². The van der Waals surface area contributed by atoms with Gasteiger partial charge in [0.05, 0.1) is 0 Å². The predicted octanol–water partition coefficient (Wildman–Crippen LogP) is 4.91. The Bertz CT molecular complexity index is 599. The lowest BCUT2D eigenvalue weighted by Crippen LogP contribution is -2.14. The van der Waals surface area contributed by atoms with Crippen LogP contribution >= 0.6 is 11.6 Å². The van der Waals surface area contributed by atoms with Gasteiger partial charge in [-0.3, -0.25) is 0 Å². The van der Waals surface area contributed by atoms with Gasteiger partial charge < -0.3 is 10.1 Å². The quantitative estimate of drug-likeness (QED) is 0.765. The van der Waals surface area contributed by atoms with Crippen molar-refractivity contribution in [1.29, 1.82) is 0 Å². The minimum Gasteiger partial charge on any atom is -0.457 e. The third-order valence-corrected chi connectivity index (χ3v) is 3.07. The average molecular weight is 312 g/mol. The molecule has 2 aromatic rings. The van der Waals surface area contributed by atoms with Crippen LogP contribution in [0.25, 0.3) is 0 Å². The first kappa shape index (κ1) is 15.7. The summed E-state index contributed by atoms with van der Waals surface area (Å²) in [6, 6.07) is 8.28. The van der Waals surface area contributed by atoms with E-state index < -0.39 is 11.6 Å². The first-order valence-electron chi connectivity index (χ1n) is 6.71. The summed E-state index contributed by atoms with van der Waals surface area (Å²) in [7, 11) is 0. The fourth-order valence-electron chi connectivity index (χ4n) is 1.88. The molecule has 0 saturated carbocycles. The summed E-state index contributed by atoms with van der Waals surface area (Å²) in [5, 5.41) is 3.75. The molecule has 0 heterocycles. The zero-order valence-electron chi connectivity index (χ0n) is 11.6. The van der Waals surface area contributed by atoms with Gasteiger partial charge in [-0.15, -0.1) is 0 Å². The van der Waals surface area contributed by atoms with Gasteiger partial charge >= 0.3 is 0 Å². The van der Waals surface area contributed by atoms with E-state index in [-0.39, 0.29) is 5.75 Å². The van der Waals surface area contributed by atoms with Crippen LogP contribution in [0.5, 0.6) is 11.5 Å². The summed E-state index contributed by atoms with van der Waals surface area (Å²) in [4.78, 5) is 0. The summed E-state index contributed by atoms with van der Waals surface area (Å²) in [5.74, 6) is -0.780. The molecule has 0 aliphatic carbocycles. The van der Waals surface area contributed by atoms with Crippen molar-refractivity contribution in [2.24, 2.45) is 0 Å². The molecule has 0 atom stereocenters. The van der Waals surface area contributed by atoms with Crippen molar-refractivity contribution in [3.63, 3.8) is 0 Å². The minimum atomic E-state index is -0.683. The van der Waals surface area contributed by atoms with Crippen molar-refractivity contribution in [3.05, 3.63) is 58.6 Å². The lowest BCUT2D eigenvalue weighted by molar-refractivity contribution is 0.460. The van der Waals surface area contributed by atoms with Crippen molar-refractivity contribution >= 4 is 11.6 Å². The first-order chi connectivity index (χ1) is 10.1. The van der Waals surface area contributed by atoms with Crippen LogP contribution in [0.15, 0.2) is 36.4 Å². The van der Waals surface area contributed by atoms with Crippen LogP contribution in [-0.2, 0) is 6.54 Å². The van der Waals surface area contributed by atoms with E-state index in [9.17, 15) is 8.78 Å². The molecule has 5 heteroatoms. The number of hydrogen-bond acceptors (Lipinski definition) is 2. The predicted molar refractivity (Wildman–Crippen MR) is 79.9 cm³/mol. The first-order valence-corrected chi connectivity index (χ1v) is 7.09. The molecule has 0 spiro atoms. The van der Waals surface area contributed by atoms with Gasteiger partial charge in [-0.2, -0.15) is 0 Å². The molecule has 0 aromatic heterocycles. The number of rotatable bonds is 6. The molecule has 2 aromatic carbocycles. The van der Waals surface area contributed by atoms with Gasteiger partial charge in [-0.1, -0.05) is 24.6 Å². The topological polar surface area (TPSA) is 21.3 Å². The van der Waals surface area contributed by atoms with Crippen LogP contribution in [0.1, 0.15) is 18.9 Å². The fraction of sp³-hybridized carbons (Fsp3) is 0.250.